The van der Waals surface area contributed by atoms with Gasteiger partial charge >= 0.3 is 0 Å². The molecule has 0 aliphatic heterocycles. The molecule has 11 nitrogen and oxygen atoms in total. The van der Waals surface area contributed by atoms with Gasteiger partial charge < -0.3 is 4.57 Å². The molecule has 28 aromatic rings. The number of hydrogen-bond donors (Lipinski definition) is 0. The Morgan fingerprint density at radius 3 is 0.660 bits per heavy atom. The van der Waals surface area contributed by atoms with E-state index in [2.05, 4.69) is 363 Å². The standard InChI is InChI=1S/C53H33N3S.C47H31N5S.C33H21N3S/c1-3-9-34(10-4-1)35-15-19-38(20-16-35)52-54-51(37-11-5-2-6-12-37)55-53(56-52)39-21-17-36(18-22-39)40-25-28-45-43(31-40)23-24-44-32-41(26-29-46(44)45)42-27-30-50-48(33-42)47-13-7-8-14-49(47)57-50;1-52-41-29-37(24-26-40(41)48-47(52)35-12-6-3-7-13-35)31-18-22-34(23-19-31)46-50-44(32-10-4-2-5-11-32)49-45(51-46)33-20-16-30(17-21-33)36-25-27-43-39(28-36)38-14-8-9-15-42(38)53-43;1-3-9-23(10-4-1)31-34-32(24-11-5-2-6-12-24)36-33(35-31)25-17-15-22(16-18-25)26-19-20-30-28(21-26)27-13-7-8-14-29(27)37-30/h1-33H;2-29H,1H3;1-21H. The molecule has 0 unspecified atom stereocenters. The molecular formula is C133H85N11S3. The number of hydrogen-bond acceptors (Lipinski definition) is 13. The van der Waals surface area contributed by atoms with E-state index < -0.39 is 0 Å². The van der Waals surface area contributed by atoms with E-state index in [4.69, 9.17) is 49.8 Å². The second-order valence-electron chi connectivity index (χ2n) is 36.6. The van der Waals surface area contributed by atoms with Crippen LogP contribution in [0.1, 0.15) is 0 Å². The Balaban J connectivity index is 0.000000114. The largest absolute Gasteiger partial charge is 0.327 e. The van der Waals surface area contributed by atoms with Crippen LogP contribution in [0.2, 0.25) is 0 Å². The van der Waals surface area contributed by atoms with E-state index >= 15 is 0 Å². The van der Waals surface area contributed by atoms with Crippen molar-refractivity contribution in [1.29, 1.82) is 0 Å². The van der Waals surface area contributed by atoms with Crippen molar-refractivity contribution < 1.29 is 0 Å². The van der Waals surface area contributed by atoms with Crippen molar-refractivity contribution in [3.63, 3.8) is 0 Å². The van der Waals surface area contributed by atoms with E-state index in [1.165, 1.54) is 121 Å². The first-order valence-corrected chi connectivity index (χ1v) is 51.4. The minimum Gasteiger partial charge on any atom is -0.327 e. The second kappa shape index (κ2) is 38.6. The van der Waals surface area contributed by atoms with E-state index in [1.807, 2.05) is 180 Å². The normalized spacial score (nSPS) is 11.4. The van der Waals surface area contributed by atoms with Crippen LogP contribution in [-0.2, 0) is 7.05 Å². The zero-order chi connectivity index (χ0) is 97.6. The van der Waals surface area contributed by atoms with Gasteiger partial charge in [-0.15, -0.1) is 34.0 Å². The Morgan fingerprint density at radius 1 is 0.143 bits per heavy atom. The number of aryl methyl sites for hydroxylation is 1. The third-order valence-electron chi connectivity index (χ3n) is 27.4. The minimum atomic E-state index is 0.633. The lowest BCUT2D eigenvalue weighted by molar-refractivity contribution is 0.959. The van der Waals surface area contributed by atoms with E-state index in [-0.39, 0.29) is 0 Å². The van der Waals surface area contributed by atoms with Crippen molar-refractivity contribution in [3.8, 4) is 181 Å². The Hall–Kier alpha value is -18.7. The highest BCUT2D eigenvalue weighted by Gasteiger charge is 2.22. The smallest absolute Gasteiger partial charge is 0.164 e. The molecule has 0 saturated heterocycles. The molecule has 0 aliphatic rings. The predicted octanol–water partition coefficient (Wildman–Crippen LogP) is 35.6. The van der Waals surface area contributed by atoms with Gasteiger partial charge in [-0.3, -0.25) is 0 Å². The van der Waals surface area contributed by atoms with Gasteiger partial charge in [0.1, 0.15) is 5.82 Å². The summed E-state index contributed by atoms with van der Waals surface area (Å²) in [4.78, 5) is 49.3. The highest BCUT2D eigenvalue weighted by atomic mass is 32.1. The summed E-state index contributed by atoms with van der Waals surface area (Å²) in [5.74, 6) is 6.82. The molecule has 7 heterocycles. The van der Waals surface area contributed by atoms with E-state index in [9.17, 15) is 0 Å². The highest BCUT2D eigenvalue weighted by Crippen LogP contribution is 2.44. The third kappa shape index (κ3) is 17.8. The van der Waals surface area contributed by atoms with Crippen LogP contribution in [-0.4, -0.2) is 54.4 Å². The van der Waals surface area contributed by atoms with E-state index in [1.54, 1.807) is 0 Å². The van der Waals surface area contributed by atoms with Crippen LogP contribution >= 0.6 is 34.0 Å². The molecule has 0 N–H and O–H groups in total. The Morgan fingerprint density at radius 2 is 0.347 bits per heavy atom. The number of aromatic nitrogens is 11. The van der Waals surface area contributed by atoms with Crippen molar-refractivity contribution in [1.82, 2.24) is 54.4 Å². The average Bonchev–Trinajstić information content (AvgIpc) is 1.75. The molecule has 0 radical (unpaired) electrons. The number of fused-ring (bicyclic) bond motifs is 13. The first kappa shape index (κ1) is 88.5. The monoisotopic (exact) mass is 1930 g/mol. The summed E-state index contributed by atoms with van der Waals surface area (Å²) in [6.45, 7) is 0. The number of rotatable bonds is 16. The van der Waals surface area contributed by atoms with Gasteiger partial charge in [0.25, 0.3) is 0 Å². The Bertz CT molecular complexity index is 9760. The lowest BCUT2D eigenvalue weighted by atomic mass is 9.94. The van der Waals surface area contributed by atoms with Crippen molar-refractivity contribution in [2.24, 2.45) is 7.05 Å². The molecule has 0 saturated carbocycles. The molecular weight excluding hydrogens is 1850 g/mol. The summed E-state index contributed by atoms with van der Waals surface area (Å²) in [6, 6.07) is 174. The molecule has 0 fully saturated rings. The molecule has 0 aliphatic carbocycles. The average molecular weight is 1930 g/mol. The zero-order valence-corrected chi connectivity index (χ0v) is 81.9. The van der Waals surface area contributed by atoms with Gasteiger partial charge in [0.15, 0.2) is 52.4 Å². The summed E-state index contributed by atoms with van der Waals surface area (Å²) < 4.78 is 10.1. The van der Waals surface area contributed by atoms with Gasteiger partial charge in [-0.1, -0.05) is 419 Å². The fourth-order valence-corrected chi connectivity index (χ4v) is 22.9. The number of thiophene rings is 3. The number of benzene rings is 21. The second-order valence-corrected chi connectivity index (χ2v) is 39.8. The summed E-state index contributed by atoms with van der Waals surface area (Å²) in [5.41, 5.74) is 25.8. The van der Waals surface area contributed by atoms with Crippen LogP contribution < -0.4 is 0 Å². The fourth-order valence-electron chi connectivity index (χ4n) is 19.7. The van der Waals surface area contributed by atoms with Crippen LogP contribution in [0.25, 0.3) is 274 Å². The summed E-state index contributed by atoms with van der Waals surface area (Å²) in [6.07, 6.45) is 0. The molecule has 14 heteroatoms. The number of nitrogens with zero attached hydrogens (tertiary/aromatic N) is 11. The number of imidazole rings is 1. The van der Waals surface area contributed by atoms with E-state index in [0.717, 1.165) is 100 Å². The summed E-state index contributed by atoms with van der Waals surface area (Å²) in [7, 11) is 2.08. The molecule has 690 valence electrons. The first-order valence-electron chi connectivity index (χ1n) is 49.0. The van der Waals surface area contributed by atoms with Crippen LogP contribution in [0.15, 0.2) is 497 Å². The van der Waals surface area contributed by atoms with Crippen LogP contribution in [0.3, 0.4) is 0 Å². The Labute approximate surface area is 860 Å². The quantitative estimate of drug-likeness (QED) is 0.0861. The first-order chi connectivity index (χ1) is 72.7. The summed E-state index contributed by atoms with van der Waals surface area (Å²) >= 11 is 5.54. The van der Waals surface area contributed by atoms with Crippen molar-refractivity contribution in [2.75, 3.05) is 0 Å². The highest BCUT2D eigenvalue weighted by molar-refractivity contribution is 7.26. The SMILES string of the molecule is Cn1c(-c2ccccc2)nc2ccc(-c3ccc(-c4nc(-c5ccccc5)nc(-c5ccc(-c6ccc7sc8ccccc8c7c6)cc5)n4)cc3)cc21.c1ccc(-c2ccc(-c3nc(-c4ccccc4)nc(-c4ccc(-c5ccc6c(ccc7cc(-c8ccc9sc%10ccccc%10c9c8)ccc76)c5)cc4)n3)cc2)cc1.c1ccc(-c2nc(-c3ccccc3)nc(-c3ccc(-c4ccc5sc6ccccc6c5c4)cc3)n2)cc1. The molecule has 0 spiro atoms. The minimum absolute atomic E-state index is 0.633. The lowest BCUT2D eigenvalue weighted by Crippen LogP contribution is -2.00. The molecule has 0 atom stereocenters. The van der Waals surface area contributed by atoms with Gasteiger partial charge in [-0.2, -0.15) is 0 Å². The van der Waals surface area contributed by atoms with Crippen molar-refractivity contribution in [3.05, 3.63) is 497 Å². The molecule has 21 aromatic carbocycles. The van der Waals surface area contributed by atoms with Gasteiger partial charge in [0.2, 0.25) is 0 Å². The Kier molecular flexibility index (Phi) is 23.2. The van der Waals surface area contributed by atoms with Crippen LogP contribution in [0.5, 0.6) is 0 Å². The lowest BCUT2D eigenvalue weighted by Gasteiger charge is -2.11. The maximum atomic E-state index is 5.02. The molecule has 0 bridgehead atoms. The fraction of sp³-hybridized carbons (Fsp3) is 0.00752. The topological polar surface area (TPSA) is 134 Å². The maximum absolute atomic E-state index is 5.02. The van der Waals surface area contributed by atoms with Crippen molar-refractivity contribution in [2.45, 2.75) is 0 Å². The van der Waals surface area contributed by atoms with Gasteiger partial charge in [-0.05, 0) is 167 Å². The predicted molar refractivity (Wildman–Crippen MR) is 614 cm³/mol. The molecule has 28 rings (SSSR count). The van der Waals surface area contributed by atoms with Gasteiger partial charge in [0, 0.05) is 123 Å². The van der Waals surface area contributed by atoms with E-state index in [0.29, 0.717) is 52.4 Å². The van der Waals surface area contributed by atoms with Crippen LogP contribution in [0.4, 0.5) is 0 Å². The molecule has 0 amide bonds. The van der Waals surface area contributed by atoms with Gasteiger partial charge in [0.05, 0.1) is 11.0 Å². The third-order valence-corrected chi connectivity index (χ3v) is 30.9. The van der Waals surface area contributed by atoms with Gasteiger partial charge in [-0.25, -0.2) is 49.8 Å². The van der Waals surface area contributed by atoms with Crippen LogP contribution in [0, 0.1) is 0 Å². The summed E-state index contributed by atoms with van der Waals surface area (Å²) in [5, 5.41) is 12.8. The zero-order valence-electron chi connectivity index (χ0n) is 79.5. The molecule has 7 aromatic heterocycles. The van der Waals surface area contributed by atoms with Crippen molar-refractivity contribution >= 4 is 127 Å². The maximum Gasteiger partial charge on any atom is 0.164 e. The molecule has 147 heavy (non-hydrogen) atoms.